The molecule has 6 heteroatoms. The van der Waals surface area contributed by atoms with E-state index in [0.717, 1.165) is 25.7 Å². The average Bonchev–Trinajstić information content (AvgIpc) is 2.43. The van der Waals surface area contributed by atoms with Crippen LogP contribution >= 0.6 is 12.4 Å². The van der Waals surface area contributed by atoms with Crippen molar-refractivity contribution in [3.05, 3.63) is 0 Å². The Morgan fingerprint density at radius 2 is 1.74 bits per heavy atom. The van der Waals surface area contributed by atoms with E-state index in [-0.39, 0.29) is 48.3 Å². The monoisotopic (exact) mass is 346 g/mol. The Morgan fingerprint density at radius 3 is 2.26 bits per heavy atom. The first kappa shape index (κ1) is 20.2. The summed E-state index contributed by atoms with van der Waals surface area (Å²) in [6.45, 7) is 5.79. The van der Waals surface area contributed by atoms with E-state index in [9.17, 15) is 9.59 Å². The molecule has 0 radical (unpaired) electrons. The summed E-state index contributed by atoms with van der Waals surface area (Å²) in [5, 5.41) is 2.93. The van der Waals surface area contributed by atoms with Crippen LogP contribution < -0.4 is 11.1 Å². The van der Waals surface area contributed by atoms with Crippen molar-refractivity contribution in [2.24, 2.45) is 29.4 Å². The zero-order valence-corrected chi connectivity index (χ0v) is 15.2. The van der Waals surface area contributed by atoms with Gasteiger partial charge in [-0.25, -0.2) is 0 Å². The molecule has 0 aromatic rings. The van der Waals surface area contributed by atoms with Gasteiger partial charge in [0.1, 0.15) is 0 Å². The van der Waals surface area contributed by atoms with Crippen LogP contribution in [0, 0.1) is 23.7 Å². The quantitative estimate of drug-likeness (QED) is 0.748. The van der Waals surface area contributed by atoms with Crippen molar-refractivity contribution in [1.29, 1.82) is 0 Å². The standard InChI is InChI=1S/C17H30N2O3.ClH/c1-10(2)22-17(21)11(3)9-19-16(20)14-7-12-5-4-6-13(8-14)15(12)18;/h10-15H,4-9,18H2,1-3H3,(H,19,20);1H. The van der Waals surface area contributed by atoms with Gasteiger partial charge in [-0.15, -0.1) is 12.4 Å². The Balaban J connectivity index is 0.00000264. The van der Waals surface area contributed by atoms with Crippen molar-refractivity contribution >= 4 is 24.3 Å². The molecule has 2 aliphatic carbocycles. The molecule has 3 N–H and O–H groups in total. The minimum atomic E-state index is -0.309. The first-order chi connectivity index (χ1) is 10.4. The molecule has 3 unspecified atom stereocenters. The summed E-state index contributed by atoms with van der Waals surface area (Å²) in [4.78, 5) is 24.1. The van der Waals surface area contributed by atoms with Gasteiger partial charge < -0.3 is 15.8 Å². The van der Waals surface area contributed by atoms with Gasteiger partial charge in [0, 0.05) is 18.5 Å². The first-order valence-electron chi connectivity index (χ1n) is 8.62. The number of halogens is 1. The van der Waals surface area contributed by atoms with Gasteiger partial charge >= 0.3 is 5.97 Å². The third-order valence-corrected chi connectivity index (χ3v) is 5.12. The molecule has 2 aliphatic rings. The van der Waals surface area contributed by atoms with E-state index in [1.165, 1.54) is 6.42 Å². The number of carbonyl (C=O) groups is 2. The largest absolute Gasteiger partial charge is 0.463 e. The van der Waals surface area contributed by atoms with E-state index in [1.54, 1.807) is 6.92 Å². The third kappa shape index (κ3) is 5.35. The number of amides is 1. The molecule has 0 aromatic heterocycles. The van der Waals surface area contributed by atoms with Crippen molar-refractivity contribution in [3.63, 3.8) is 0 Å². The second-order valence-electron chi connectivity index (χ2n) is 7.33. The highest BCUT2D eigenvalue weighted by molar-refractivity contribution is 5.85. The van der Waals surface area contributed by atoms with Crippen molar-refractivity contribution in [2.45, 2.75) is 65.0 Å². The van der Waals surface area contributed by atoms with Gasteiger partial charge in [0.25, 0.3) is 0 Å². The molecule has 0 saturated heterocycles. The molecule has 1 amide bonds. The summed E-state index contributed by atoms with van der Waals surface area (Å²) < 4.78 is 5.16. The SMILES string of the molecule is CC(C)OC(=O)C(C)CNC(=O)C1CC2CCCC(C1)C2N.Cl. The Kier molecular flexibility index (Phi) is 7.81. The lowest BCUT2D eigenvalue weighted by Crippen LogP contribution is -2.49. The number of fused-ring (bicyclic) bond motifs is 2. The molecule has 2 fully saturated rings. The summed E-state index contributed by atoms with van der Waals surface area (Å²) in [7, 11) is 0. The summed E-state index contributed by atoms with van der Waals surface area (Å²) >= 11 is 0. The average molecular weight is 347 g/mol. The predicted molar refractivity (Wildman–Crippen MR) is 92.2 cm³/mol. The van der Waals surface area contributed by atoms with E-state index < -0.39 is 0 Å². The van der Waals surface area contributed by atoms with E-state index in [1.807, 2.05) is 13.8 Å². The Hall–Kier alpha value is -0.810. The second kappa shape index (κ2) is 8.88. The Morgan fingerprint density at radius 1 is 1.17 bits per heavy atom. The highest BCUT2D eigenvalue weighted by atomic mass is 35.5. The Bertz CT molecular complexity index is 403. The van der Waals surface area contributed by atoms with Crippen LogP contribution in [0.25, 0.3) is 0 Å². The molecule has 0 heterocycles. The lowest BCUT2D eigenvalue weighted by Gasteiger charge is -2.43. The van der Waals surface area contributed by atoms with Crippen LogP contribution in [0.5, 0.6) is 0 Å². The number of hydrogen-bond acceptors (Lipinski definition) is 4. The van der Waals surface area contributed by atoms with E-state index in [0.29, 0.717) is 18.4 Å². The van der Waals surface area contributed by atoms with Crippen LogP contribution in [0.15, 0.2) is 0 Å². The number of nitrogens with two attached hydrogens (primary N) is 1. The molecule has 2 saturated carbocycles. The second-order valence-corrected chi connectivity index (χ2v) is 7.33. The topological polar surface area (TPSA) is 81.4 Å². The van der Waals surface area contributed by atoms with Crippen LogP contribution in [-0.4, -0.2) is 30.6 Å². The van der Waals surface area contributed by atoms with Crippen molar-refractivity contribution < 1.29 is 14.3 Å². The van der Waals surface area contributed by atoms with Crippen LogP contribution in [0.2, 0.25) is 0 Å². The molecule has 0 aliphatic heterocycles. The molecule has 23 heavy (non-hydrogen) atoms. The van der Waals surface area contributed by atoms with Crippen molar-refractivity contribution in [2.75, 3.05) is 6.54 Å². The minimum absolute atomic E-state index is 0. The fraction of sp³-hybridized carbons (Fsp3) is 0.882. The summed E-state index contributed by atoms with van der Waals surface area (Å²) in [6, 6.07) is 0.276. The van der Waals surface area contributed by atoms with Gasteiger partial charge in [-0.1, -0.05) is 13.3 Å². The maximum Gasteiger partial charge on any atom is 0.310 e. The number of esters is 1. The molecule has 134 valence electrons. The molecule has 2 rings (SSSR count). The minimum Gasteiger partial charge on any atom is -0.463 e. The van der Waals surface area contributed by atoms with Gasteiger partial charge in [-0.05, 0) is 51.4 Å². The molecular weight excluding hydrogens is 316 g/mol. The molecule has 3 atom stereocenters. The Labute approximate surface area is 145 Å². The lowest BCUT2D eigenvalue weighted by atomic mass is 9.65. The molecular formula is C17H31ClN2O3. The number of ether oxygens (including phenoxy) is 1. The summed E-state index contributed by atoms with van der Waals surface area (Å²) in [6.07, 6.45) is 5.22. The van der Waals surface area contributed by atoms with E-state index in [4.69, 9.17) is 10.5 Å². The highest BCUT2D eigenvalue weighted by Gasteiger charge is 2.40. The van der Waals surface area contributed by atoms with Crippen molar-refractivity contribution in [3.8, 4) is 0 Å². The van der Waals surface area contributed by atoms with Gasteiger partial charge in [-0.2, -0.15) is 0 Å². The van der Waals surface area contributed by atoms with Gasteiger partial charge in [-0.3, -0.25) is 9.59 Å². The fourth-order valence-electron chi connectivity index (χ4n) is 3.83. The van der Waals surface area contributed by atoms with Gasteiger partial charge in [0.05, 0.1) is 12.0 Å². The highest BCUT2D eigenvalue weighted by Crippen LogP contribution is 2.41. The molecule has 0 spiro atoms. The van der Waals surface area contributed by atoms with Gasteiger partial charge in [0.2, 0.25) is 5.91 Å². The summed E-state index contributed by atoms with van der Waals surface area (Å²) in [5.41, 5.74) is 6.26. The van der Waals surface area contributed by atoms with E-state index >= 15 is 0 Å². The zero-order valence-electron chi connectivity index (χ0n) is 14.4. The number of hydrogen-bond donors (Lipinski definition) is 2. The number of nitrogens with one attached hydrogen (secondary N) is 1. The van der Waals surface area contributed by atoms with Crippen LogP contribution in [0.1, 0.15) is 52.9 Å². The molecule has 5 nitrogen and oxygen atoms in total. The van der Waals surface area contributed by atoms with Crippen LogP contribution in [-0.2, 0) is 14.3 Å². The normalized spacial score (nSPS) is 31.0. The summed E-state index contributed by atoms with van der Waals surface area (Å²) in [5.74, 6) is 0.559. The predicted octanol–water partition coefficient (Wildman–Crippen LogP) is 2.27. The molecule has 0 aromatic carbocycles. The number of rotatable bonds is 5. The lowest BCUT2D eigenvalue weighted by molar-refractivity contribution is -0.151. The van der Waals surface area contributed by atoms with E-state index in [2.05, 4.69) is 5.32 Å². The fourth-order valence-corrected chi connectivity index (χ4v) is 3.83. The third-order valence-electron chi connectivity index (χ3n) is 5.12. The number of carbonyl (C=O) groups excluding carboxylic acids is 2. The van der Waals surface area contributed by atoms with Gasteiger partial charge in [0.15, 0.2) is 0 Å². The van der Waals surface area contributed by atoms with Crippen LogP contribution in [0.3, 0.4) is 0 Å². The van der Waals surface area contributed by atoms with Crippen molar-refractivity contribution in [1.82, 2.24) is 5.32 Å². The maximum atomic E-state index is 12.4. The zero-order chi connectivity index (χ0) is 16.3. The van der Waals surface area contributed by atoms with Crippen LogP contribution in [0.4, 0.5) is 0 Å². The maximum absolute atomic E-state index is 12.4. The first-order valence-corrected chi connectivity index (χ1v) is 8.62. The molecule has 2 bridgehead atoms. The smallest absolute Gasteiger partial charge is 0.310 e.